The number of halogens is 1. The zero-order chi connectivity index (χ0) is 16.5. The number of thioether (sulfide) groups is 1. The highest BCUT2D eigenvalue weighted by Gasteiger charge is 2.14. The summed E-state index contributed by atoms with van der Waals surface area (Å²) in [5.41, 5.74) is 1.87. The van der Waals surface area contributed by atoms with Crippen molar-refractivity contribution in [2.45, 2.75) is 10.9 Å². The fourth-order valence-corrected chi connectivity index (χ4v) is 3.62. The van der Waals surface area contributed by atoms with Gasteiger partial charge in [-0.25, -0.2) is 4.98 Å². The largest absolute Gasteiger partial charge is 0.461 e. The topological polar surface area (TPSA) is 56.7 Å². The van der Waals surface area contributed by atoms with Gasteiger partial charge < -0.3 is 8.98 Å². The second kappa shape index (κ2) is 6.30. The van der Waals surface area contributed by atoms with E-state index >= 15 is 0 Å². The Bertz CT molecular complexity index is 997. The lowest BCUT2D eigenvalue weighted by Crippen LogP contribution is -1.95. The summed E-state index contributed by atoms with van der Waals surface area (Å²) in [4.78, 5) is 4.45. The molecule has 1 aromatic carbocycles. The maximum absolute atomic E-state index is 6.31. The van der Waals surface area contributed by atoms with Gasteiger partial charge in [-0.1, -0.05) is 41.6 Å². The van der Waals surface area contributed by atoms with Gasteiger partial charge in [-0.05, 0) is 24.3 Å². The van der Waals surface area contributed by atoms with Gasteiger partial charge in [0.2, 0.25) is 0 Å². The summed E-state index contributed by atoms with van der Waals surface area (Å²) in [6.45, 7) is 0. The molecule has 0 radical (unpaired) electrons. The summed E-state index contributed by atoms with van der Waals surface area (Å²) in [7, 11) is 1.92. The van der Waals surface area contributed by atoms with E-state index in [1.807, 2.05) is 48.0 Å². The monoisotopic (exact) mass is 356 g/mol. The second-order valence-electron chi connectivity index (χ2n) is 5.26. The minimum absolute atomic E-state index is 0.523. The predicted molar refractivity (Wildman–Crippen MR) is 95.0 cm³/mol. The molecule has 0 saturated heterocycles. The van der Waals surface area contributed by atoms with Crippen molar-refractivity contribution in [3.8, 4) is 11.6 Å². The lowest BCUT2D eigenvalue weighted by molar-refractivity contribution is 0.572. The fraction of sp³-hybridized carbons (Fsp3) is 0.118. The quantitative estimate of drug-likeness (QED) is 0.396. The molecule has 0 bridgehead atoms. The number of hydrogen-bond donors (Lipinski definition) is 0. The summed E-state index contributed by atoms with van der Waals surface area (Å²) in [6.07, 6.45) is 1.62. The molecular weight excluding hydrogens is 344 g/mol. The average molecular weight is 357 g/mol. The Hall–Kier alpha value is -2.31. The molecular formula is C17H13ClN4OS. The highest BCUT2D eigenvalue weighted by molar-refractivity contribution is 7.98. The molecule has 3 heterocycles. The van der Waals surface area contributed by atoms with E-state index in [0.29, 0.717) is 22.5 Å². The van der Waals surface area contributed by atoms with Crippen molar-refractivity contribution in [2.75, 3.05) is 0 Å². The molecule has 4 rings (SSSR count). The first-order valence-corrected chi connectivity index (χ1v) is 8.69. The Kier molecular flexibility index (Phi) is 4.00. The van der Waals surface area contributed by atoms with Crippen LogP contribution < -0.4 is 0 Å². The zero-order valence-corrected chi connectivity index (χ0v) is 14.4. The number of fused-ring (bicyclic) bond motifs is 1. The van der Waals surface area contributed by atoms with E-state index in [4.69, 9.17) is 16.0 Å². The molecule has 0 fully saturated rings. The molecule has 0 aliphatic rings. The number of benzene rings is 1. The third-order valence-electron chi connectivity index (χ3n) is 3.68. The molecule has 0 amide bonds. The lowest BCUT2D eigenvalue weighted by atomic mass is 10.2. The average Bonchev–Trinajstić information content (AvgIpc) is 3.23. The van der Waals surface area contributed by atoms with Crippen LogP contribution in [0.3, 0.4) is 0 Å². The standard InChI is InChI=1S/C17H13ClN4OS/c1-22-16(14-7-4-8-23-14)20-21-17(22)24-10-12-9-11-5-2-3-6-13(11)19-15(12)18/h2-9H,10H2,1H3. The molecule has 24 heavy (non-hydrogen) atoms. The van der Waals surface area contributed by atoms with E-state index in [0.717, 1.165) is 21.6 Å². The first-order chi connectivity index (χ1) is 11.7. The van der Waals surface area contributed by atoms with Crippen LogP contribution in [0, 0.1) is 0 Å². The Labute approximate surface area is 147 Å². The number of rotatable bonds is 4. The number of para-hydroxylation sites is 1. The van der Waals surface area contributed by atoms with Gasteiger partial charge >= 0.3 is 0 Å². The summed E-state index contributed by atoms with van der Waals surface area (Å²) in [5, 5.41) is 10.8. The van der Waals surface area contributed by atoms with Gasteiger partial charge in [-0.2, -0.15) is 0 Å². The maximum atomic E-state index is 6.31. The van der Waals surface area contributed by atoms with Gasteiger partial charge in [-0.15, -0.1) is 10.2 Å². The third kappa shape index (κ3) is 2.79. The molecule has 120 valence electrons. The van der Waals surface area contributed by atoms with Crippen molar-refractivity contribution in [1.29, 1.82) is 0 Å². The molecule has 0 atom stereocenters. The fourth-order valence-electron chi connectivity index (χ4n) is 2.44. The highest BCUT2D eigenvalue weighted by atomic mass is 35.5. The molecule has 5 nitrogen and oxygen atoms in total. The molecule has 4 aromatic rings. The van der Waals surface area contributed by atoms with Crippen LogP contribution in [0.25, 0.3) is 22.5 Å². The van der Waals surface area contributed by atoms with Crippen LogP contribution in [0.2, 0.25) is 5.15 Å². The second-order valence-corrected chi connectivity index (χ2v) is 6.56. The lowest BCUT2D eigenvalue weighted by Gasteiger charge is -2.06. The van der Waals surface area contributed by atoms with E-state index < -0.39 is 0 Å². The number of nitrogens with zero attached hydrogens (tertiary/aromatic N) is 4. The van der Waals surface area contributed by atoms with Crippen molar-refractivity contribution in [3.63, 3.8) is 0 Å². The smallest absolute Gasteiger partial charge is 0.200 e. The molecule has 0 saturated carbocycles. The SMILES string of the molecule is Cn1c(SCc2cc3ccccc3nc2Cl)nnc1-c1ccco1. The maximum Gasteiger partial charge on any atom is 0.200 e. The van der Waals surface area contributed by atoms with Crippen molar-refractivity contribution < 1.29 is 4.42 Å². The molecule has 0 N–H and O–H groups in total. The van der Waals surface area contributed by atoms with Gasteiger partial charge in [0.25, 0.3) is 0 Å². The first-order valence-electron chi connectivity index (χ1n) is 7.32. The number of pyridine rings is 1. The summed E-state index contributed by atoms with van der Waals surface area (Å²) >= 11 is 7.88. The van der Waals surface area contributed by atoms with Crippen molar-refractivity contribution in [2.24, 2.45) is 7.05 Å². The molecule has 0 aliphatic carbocycles. The van der Waals surface area contributed by atoms with E-state index in [1.54, 1.807) is 18.0 Å². The predicted octanol–water partition coefficient (Wildman–Crippen LogP) is 4.57. The normalized spacial score (nSPS) is 11.2. The van der Waals surface area contributed by atoms with Crippen LogP contribution >= 0.6 is 23.4 Å². The van der Waals surface area contributed by atoms with Crippen LogP contribution in [0.15, 0.2) is 58.3 Å². The van der Waals surface area contributed by atoms with Crippen LogP contribution in [0.5, 0.6) is 0 Å². The van der Waals surface area contributed by atoms with E-state index in [-0.39, 0.29) is 0 Å². The number of hydrogen-bond acceptors (Lipinski definition) is 5. The van der Waals surface area contributed by atoms with E-state index in [2.05, 4.69) is 21.2 Å². The zero-order valence-electron chi connectivity index (χ0n) is 12.8. The highest BCUT2D eigenvalue weighted by Crippen LogP contribution is 2.29. The van der Waals surface area contributed by atoms with Crippen LogP contribution in [0.4, 0.5) is 0 Å². The Morgan fingerprint density at radius 1 is 1.17 bits per heavy atom. The summed E-state index contributed by atoms with van der Waals surface area (Å²) in [5.74, 6) is 2.06. The van der Waals surface area contributed by atoms with E-state index in [9.17, 15) is 0 Å². The van der Waals surface area contributed by atoms with Crippen molar-refractivity contribution in [3.05, 3.63) is 59.4 Å². The molecule has 0 spiro atoms. The van der Waals surface area contributed by atoms with Crippen LogP contribution in [-0.2, 0) is 12.8 Å². The van der Waals surface area contributed by atoms with Crippen LogP contribution in [-0.4, -0.2) is 19.7 Å². The molecule has 3 aromatic heterocycles. The minimum Gasteiger partial charge on any atom is -0.461 e. The van der Waals surface area contributed by atoms with Gasteiger partial charge in [-0.3, -0.25) is 0 Å². The summed E-state index contributed by atoms with van der Waals surface area (Å²) < 4.78 is 7.29. The Balaban J connectivity index is 1.58. The number of furan rings is 1. The molecule has 0 unspecified atom stereocenters. The van der Waals surface area contributed by atoms with Gasteiger partial charge in [0.05, 0.1) is 11.8 Å². The van der Waals surface area contributed by atoms with Crippen molar-refractivity contribution >= 4 is 34.3 Å². The molecule has 7 heteroatoms. The first kappa shape index (κ1) is 15.2. The third-order valence-corrected chi connectivity index (χ3v) is 5.08. The Morgan fingerprint density at radius 3 is 2.88 bits per heavy atom. The van der Waals surface area contributed by atoms with Gasteiger partial charge in [0, 0.05) is 23.8 Å². The van der Waals surface area contributed by atoms with E-state index in [1.165, 1.54) is 0 Å². The minimum atomic E-state index is 0.523. The summed E-state index contributed by atoms with van der Waals surface area (Å²) in [6, 6.07) is 13.7. The van der Waals surface area contributed by atoms with Gasteiger partial charge in [0.1, 0.15) is 5.15 Å². The van der Waals surface area contributed by atoms with Crippen molar-refractivity contribution in [1.82, 2.24) is 19.7 Å². The van der Waals surface area contributed by atoms with Crippen LogP contribution in [0.1, 0.15) is 5.56 Å². The molecule has 0 aliphatic heterocycles. The number of aromatic nitrogens is 4. The Morgan fingerprint density at radius 2 is 2.04 bits per heavy atom. The van der Waals surface area contributed by atoms with Gasteiger partial charge in [0.15, 0.2) is 16.7 Å².